The second-order valence-corrected chi connectivity index (χ2v) is 5.58. The molecule has 1 fully saturated rings. The van der Waals surface area contributed by atoms with Crippen LogP contribution in [-0.4, -0.2) is 21.9 Å². The summed E-state index contributed by atoms with van der Waals surface area (Å²) in [6.45, 7) is 3.14. The second-order valence-electron chi connectivity index (χ2n) is 5.58. The molecule has 0 bridgehead atoms. The minimum atomic E-state index is 0.316. The first-order valence-electron chi connectivity index (χ1n) is 6.76. The minimum absolute atomic E-state index is 0.316. The lowest BCUT2D eigenvalue weighted by atomic mass is 9.79. The highest BCUT2D eigenvalue weighted by atomic mass is 15.3. The van der Waals surface area contributed by atoms with E-state index in [2.05, 4.69) is 22.7 Å². The third-order valence-corrected chi connectivity index (χ3v) is 4.32. The molecule has 0 unspecified atom stereocenters. The van der Waals surface area contributed by atoms with Gasteiger partial charge in [-0.25, -0.2) is 0 Å². The van der Waals surface area contributed by atoms with Gasteiger partial charge >= 0.3 is 0 Å². The maximum atomic E-state index is 4.50. The maximum Gasteiger partial charge on any atom is 0.148 e. The highest BCUT2D eigenvalue weighted by Gasteiger charge is 2.35. The molecule has 2 heterocycles. The van der Waals surface area contributed by atoms with E-state index in [1.807, 2.05) is 11.7 Å². The zero-order chi connectivity index (χ0) is 11.9. The van der Waals surface area contributed by atoms with E-state index in [4.69, 9.17) is 0 Å². The first kappa shape index (κ1) is 10.9. The predicted molar refractivity (Wildman–Crippen MR) is 70.5 cm³/mol. The van der Waals surface area contributed by atoms with Crippen LogP contribution in [0.5, 0.6) is 0 Å². The van der Waals surface area contributed by atoms with Crippen molar-refractivity contribution in [1.29, 1.82) is 0 Å². The van der Waals surface area contributed by atoms with Gasteiger partial charge < -0.3 is 10.6 Å². The largest absolute Gasteiger partial charge is 0.380 e. The Morgan fingerprint density at radius 3 is 2.71 bits per heavy atom. The number of nitrogens with one attached hydrogen (secondary N) is 2. The van der Waals surface area contributed by atoms with Crippen molar-refractivity contribution in [3.63, 3.8) is 0 Å². The summed E-state index contributed by atoms with van der Waals surface area (Å²) in [6, 6.07) is 0. The highest BCUT2D eigenvalue weighted by Crippen LogP contribution is 2.39. The molecule has 2 aliphatic rings. The van der Waals surface area contributed by atoms with Gasteiger partial charge in [-0.15, -0.1) is 0 Å². The predicted octanol–water partition coefficient (Wildman–Crippen LogP) is 2.66. The zero-order valence-corrected chi connectivity index (χ0v) is 10.8. The molecule has 0 radical (unpaired) electrons. The SMILES string of the molecule is Cc1nn(C)c2c1NCCC1(CCCCC1)N2. The standard InChI is InChI=1S/C13H22N4/c1-10-11-12(17(2)16-10)15-13(8-9-14-11)6-4-3-5-7-13/h14-15H,3-9H2,1-2H3. The van der Waals surface area contributed by atoms with Gasteiger partial charge in [0.05, 0.1) is 5.69 Å². The molecule has 4 nitrogen and oxygen atoms in total. The van der Waals surface area contributed by atoms with Gasteiger partial charge in [0.25, 0.3) is 0 Å². The lowest BCUT2D eigenvalue weighted by Gasteiger charge is -2.37. The summed E-state index contributed by atoms with van der Waals surface area (Å²) >= 11 is 0. The van der Waals surface area contributed by atoms with Crippen LogP contribution < -0.4 is 10.6 Å². The molecule has 0 saturated heterocycles. The lowest BCUT2D eigenvalue weighted by molar-refractivity contribution is 0.311. The average molecular weight is 234 g/mol. The fourth-order valence-electron chi connectivity index (χ4n) is 3.36. The van der Waals surface area contributed by atoms with Gasteiger partial charge in [-0.1, -0.05) is 19.3 Å². The quantitative estimate of drug-likeness (QED) is 0.725. The molecular formula is C13H22N4. The molecule has 0 aromatic carbocycles. The van der Waals surface area contributed by atoms with Crippen molar-refractivity contribution in [2.75, 3.05) is 17.2 Å². The number of fused-ring (bicyclic) bond motifs is 1. The normalized spacial score (nSPS) is 22.5. The molecule has 1 spiro atoms. The van der Waals surface area contributed by atoms with Crippen LogP contribution in [0, 0.1) is 6.92 Å². The van der Waals surface area contributed by atoms with E-state index in [0.29, 0.717) is 5.54 Å². The number of rotatable bonds is 0. The van der Waals surface area contributed by atoms with E-state index in [1.54, 1.807) is 0 Å². The van der Waals surface area contributed by atoms with Crippen molar-refractivity contribution >= 4 is 11.5 Å². The fourth-order valence-corrected chi connectivity index (χ4v) is 3.36. The van der Waals surface area contributed by atoms with E-state index in [0.717, 1.165) is 12.2 Å². The smallest absolute Gasteiger partial charge is 0.148 e. The number of anilines is 2. The van der Waals surface area contributed by atoms with E-state index >= 15 is 0 Å². The van der Waals surface area contributed by atoms with Crippen molar-refractivity contribution in [3.05, 3.63) is 5.69 Å². The van der Waals surface area contributed by atoms with Gasteiger partial charge in [-0.2, -0.15) is 5.10 Å². The van der Waals surface area contributed by atoms with E-state index in [9.17, 15) is 0 Å². The van der Waals surface area contributed by atoms with E-state index in [-0.39, 0.29) is 0 Å². The maximum absolute atomic E-state index is 4.50. The van der Waals surface area contributed by atoms with E-state index in [1.165, 1.54) is 50.0 Å². The molecule has 1 aromatic heterocycles. The van der Waals surface area contributed by atoms with Gasteiger partial charge in [0, 0.05) is 19.1 Å². The Hall–Kier alpha value is -1.19. The number of hydrogen-bond donors (Lipinski definition) is 2. The topological polar surface area (TPSA) is 41.9 Å². The summed E-state index contributed by atoms with van der Waals surface area (Å²) in [5.74, 6) is 1.18. The number of aryl methyl sites for hydroxylation is 2. The van der Waals surface area contributed by atoms with Crippen LogP contribution in [0.15, 0.2) is 0 Å². The summed E-state index contributed by atoms with van der Waals surface area (Å²) in [5, 5.41) is 11.8. The molecule has 94 valence electrons. The summed E-state index contributed by atoms with van der Waals surface area (Å²) in [6.07, 6.45) is 7.95. The Kier molecular flexibility index (Phi) is 2.53. The molecule has 1 aromatic rings. The molecular weight excluding hydrogens is 212 g/mol. The van der Waals surface area contributed by atoms with Gasteiger partial charge in [-0.05, 0) is 26.2 Å². The summed E-state index contributed by atoms with van der Waals surface area (Å²) in [7, 11) is 2.03. The monoisotopic (exact) mass is 234 g/mol. The molecule has 1 aliphatic carbocycles. The van der Waals surface area contributed by atoms with Gasteiger partial charge in [-0.3, -0.25) is 4.68 Å². The van der Waals surface area contributed by atoms with Crippen molar-refractivity contribution < 1.29 is 0 Å². The van der Waals surface area contributed by atoms with E-state index < -0.39 is 0 Å². The van der Waals surface area contributed by atoms with Gasteiger partial charge in [0.1, 0.15) is 11.5 Å². The second kappa shape index (κ2) is 3.93. The molecule has 1 aliphatic heterocycles. The molecule has 2 N–H and O–H groups in total. The summed E-state index contributed by atoms with van der Waals surface area (Å²) in [4.78, 5) is 0. The van der Waals surface area contributed by atoms with Crippen LogP contribution in [-0.2, 0) is 7.05 Å². The van der Waals surface area contributed by atoms with Crippen LogP contribution in [0.1, 0.15) is 44.2 Å². The van der Waals surface area contributed by atoms with Crippen LogP contribution in [0.3, 0.4) is 0 Å². The fraction of sp³-hybridized carbons (Fsp3) is 0.769. The molecule has 1 saturated carbocycles. The number of nitrogens with zero attached hydrogens (tertiary/aromatic N) is 2. The Bertz CT molecular complexity index is 415. The Balaban J connectivity index is 1.95. The molecule has 0 atom stereocenters. The van der Waals surface area contributed by atoms with Crippen LogP contribution in [0.4, 0.5) is 11.5 Å². The first-order chi connectivity index (χ1) is 8.20. The highest BCUT2D eigenvalue weighted by molar-refractivity contribution is 5.69. The molecule has 4 heteroatoms. The van der Waals surface area contributed by atoms with Gasteiger partial charge in [0.15, 0.2) is 0 Å². The Morgan fingerprint density at radius 1 is 1.18 bits per heavy atom. The lowest BCUT2D eigenvalue weighted by Crippen LogP contribution is -2.41. The average Bonchev–Trinajstić information content (AvgIpc) is 2.51. The Morgan fingerprint density at radius 2 is 1.94 bits per heavy atom. The molecule has 3 rings (SSSR count). The third kappa shape index (κ3) is 1.79. The summed E-state index contributed by atoms with van der Waals surface area (Å²) in [5.41, 5.74) is 2.62. The van der Waals surface area contributed by atoms with Crippen LogP contribution >= 0.6 is 0 Å². The van der Waals surface area contributed by atoms with Crippen LogP contribution in [0.2, 0.25) is 0 Å². The third-order valence-electron chi connectivity index (χ3n) is 4.32. The van der Waals surface area contributed by atoms with Gasteiger partial charge in [0.2, 0.25) is 0 Å². The van der Waals surface area contributed by atoms with Crippen LogP contribution in [0.25, 0.3) is 0 Å². The number of hydrogen-bond acceptors (Lipinski definition) is 3. The van der Waals surface area contributed by atoms with Crippen molar-refractivity contribution in [2.24, 2.45) is 7.05 Å². The van der Waals surface area contributed by atoms with Crippen molar-refractivity contribution in [2.45, 2.75) is 51.0 Å². The zero-order valence-electron chi connectivity index (χ0n) is 10.8. The minimum Gasteiger partial charge on any atom is -0.380 e. The van der Waals surface area contributed by atoms with Crippen molar-refractivity contribution in [1.82, 2.24) is 9.78 Å². The first-order valence-corrected chi connectivity index (χ1v) is 6.76. The molecule has 17 heavy (non-hydrogen) atoms. The summed E-state index contributed by atoms with van der Waals surface area (Å²) < 4.78 is 1.99. The Labute approximate surface area is 103 Å². The van der Waals surface area contributed by atoms with Crippen molar-refractivity contribution in [3.8, 4) is 0 Å². The number of aromatic nitrogens is 2. The molecule has 0 amide bonds.